The van der Waals surface area contributed by atoms with E-state index < -0.39 is 5.82 Å². The van der Waals surface area contributed by atoms with E-state index in [-0.39, 0.29) is 11.7 Å². The number of amides is 1. The van der Waals surface area contributed by atoms with Gasteiger partial charge in [-0.25, -0.2) is 4.39 Å². The monoisotopic (exact) mass is 368 g/mol. The van der Waals surface area contributed by atoms with Gasteiger partial charge in [0.25, 0.3) is 5.91 Å². The van der Waals surface area contributed by atoms with Gasteiger partial charge in [-0.1, -0.05) is 18.6 Å². The fourth-order valence-electron chi connectivity index (χ4n) is 3.48. The fourth-order valence-corrected chi connectivity index (χ4v) is 3.48. The number of Topliss-reactive ketones (excluding diaryl/α,β-unsaturated/α-hetero) is 1. The van der Waals surface area contributed by atoms with Crippen LogP contribution >= 0.6 is 0 Å². The third-order valence-corrected chi connectivity index (χ3v) is 4.98. The van der Waals surface area contributed by atoms with Crippen LogP contribution in [-0.4, -0.2) is 42.8 Å². The van der Waals surface area contributed by atoms with Crippen LogP contribution in [0, 0.1) is 5.82 Å². The lowest BCUT2D eigenvalue weighted by Crippen LogP contribution is -2.37. The molecule has 5 heteroatoms. The number of benzene rings is 2. The molecule has 0 radical (unpaired) electrons. The second kappa shape index (κ2) is 8.91. The Morgan fingerprint density at radius 1 is 1.04 bits per heavy atom. The van der Waals surface area contributed by atoms with E-state index in [1.54, 1.807) is 24.3 Å². The van der Waals surface area contributed by atoms with E-state index in [4.69, 9.17) is 0 Å². The molecular formula is C22H25FN2O2. The zero-order chi connectivity index (χ0) is 19.2. The molecule has 142 valence electrons. The number of piperidine rings is 1. The van der Waals surface area contributed by atoms with E-state index in [9.17, 15) is 14.0 Å². The lowest BCUT2D eigenvalue weighted by Gasteiger charge is -2.26. The van der Waals surface area contributed by atoms with E-state index in [1.807, 2.05) is 0 Å². The van der Waals surface area contributed by atoms with Crippen molar-refractivity contribution in [2.75, 3.05) is 26.2 Å². The first kappa shape index (κ1) is 19.2. The van der Waals surface area contributed by atoms with Gasteiger partial charge in [-0.3, -0.25) is 9.59 Å². The molecule has 0 unspecified atom stereocenters. The van der Waals surface area contributed by atoms with Crippen LogP contribution in [0.3, 0.4) is 0 Å². The van der Waals surface area contributed by atoms with Gasteiger partial charge >= 0.3 is 0 Å². The summed E-state index contributed by atoms with van der Waals surface area (Å²) in [5.41, 5.74) is 2.28. The third-order valence-electron chi connectivity index (χ3n) is 4.98. The first-order chi connectivity index (χ1) is 13.0. The number of ketones is 1. The minimum absolute atomic E-state index is 0.121. The Kier molecular flexibility index (Phi) is 6.35. The molecule has 0 saturated carbocycles. The first-order valence-corrected chi connectivity index (χ1v) is 9.46. The zero-order valence-electron chi connectivity index (χ0n) is 15.6. The zero-order valence-corrected chi connectivity index (χ0v) is 15.6. The van der Waals surface area contributed by atoms with E-state index in [1.165, 1.54) is 44.4 Å². The van der Waals surface area contributed by atoms with E-state index in [0.717, 1.165) is 19.6 Å². The summed E-state index contributed by atoms with van der Waals surface area (Å²) in [6.45, 7) is 5.17. The van der Waals surface area contributed by atoms with Crippen LogP contribution in [0.2, 0.25) is 0 Å². The normalized spacial score (nSPS) is 14.7. The van der Waals surface area contributed by atoms with Crippen molar-refractivity contribution in [3.63, 3.8) is 0 Å². The topological polar surface area (TPSA) is 49.4 Å². The maximum absolute atomic E-state index is 13.6. The fraction of sp³-hybridized carbons (Fsp3) is 0.364. The van der Waals surface area contributed by atoms with Crippen LogP contribution in [-0.2, 0) is 0 Å². The summed E-state index contributed by atoms with van der Waals surface area (Å²) in [5, 5.41) is 2.95. The van der Waals surface area contributed by atoms with Gasteiger partial charge in [-0.15, -0.1) is 0 Å². The van der Waals surface area contributed by atoms with Gasteiger partial charge < -0.3 is 10.2 Å². The summed E-state index contributed by atoms with van der Waals surface area (Å²) in [6, 6.07) is 11.0. The van der Waals surface area contributed by atoms with Crippen molar-refractivity contribution in [3.05, 3.63) is 59.4 Å². The molecule has 4 nitrogen and oxygen atoms in total. The quantitative estimate of drug-likeness (QED) is 0.787. The molecule has 1 aliphatic rings. The number of nitrogens with one attached hydrogen (secondary N) is 1. The summed E-state index contributed by atoms with van der Waals surface area (Å²) in [6.07, 6.45) is 3.77. The molecule has 0 bridgehead atoms. The number of hydrogen-bond donors (Lipinski definition) is 1. The van der Waals surface area contributed by atoms with Gasteiger partial charge in [-0.2, -0.15) is 0 Å². The summed E-state index contributed by atoms with van der Waals surface area (Å²) in [7, 11) is 0. The lowest BCUT2D eigenvalue weighted by molar-refractivity contribution is 0.0945. The molecular weight excluding hydrogens is 343 g/mol. The maximum Gasteiger partial charge on any atom is 0.251 e. The highest BCUT2D eigenvalue weighted by molar-refractivity contribution is 6.01. The van der Waals surface area contributed by atoms with Crippen LogP contribution < -0.4 is 5.32 Å². The summed E-state index contributed by atoms with van der Waals surface area (Å²) < 4.78 is 13.6. The van der Waals surface area contributed by atoms with Gasteiger partial charge in [0.2, 0.25) is 0 Å². The number of likely N-dealkylation sites (tertiary alicyclic amines) is 1. The Morgan fingerprint density at radius 2 is 1.74 bits per heavy atom. The van der Waals surface area contributed by atoms with Crippen molar-refractivity contribution >= 4 is 11.7 Å². The maximum atomic E-state index is 13.6. The van der Waals surface area contributed by atoms with Gasteiger partial charge in [0.1, 0.15) is 5.82 Å². The van der Waals surface area contributed by atoms with Crippen molar-refractivity contribution in [3.8, 4) is 11.1 Å². The highest BCUT2D eigenvalue weighted by Gasteiger charge is 2.13. The predicted molar refractivity (Wildman–Crippen MR) is 104 cm³/mol. The minimum Gasteiger partial charge on any atom is -0.351 e. The molecule has 1 amide bonds. The van der Waals surface area contributed by atoms with E-state index >= 15 is 0 Å². The highest BCUT2D eigenvalue weighted by atomic mass is 19.1. The molecule has 3 rings (SSSR count). The smallest absolute Gasteiger partial charge is 0.251 e. The van der Waals surface area contributed by atoms with Crippen molar-refractivity contribution < 1.29 is 14.0 Å². The largest absolute Gasteiger partial charge is 0.351 e. The van der Waals surface area contributed by atoms with Crippen molar-refractivity contribution in [2.45, 2.75) is 26.2 Å². The van der Waals surface area contributed by atoms with Gasteiger partial charge in [0, 0.05) is 24.2 Å². The number of halogens is 1. The number of carbonyl (C=O) groups is 2. The predicted octanol–water partition coefficient (Wildman–Crippen LogP) is 3.91. The standard InChI is InChI=1S/C22H25FN2O2/c1-16(26)20-10-9-19(23)15-21(20)17-5-7-18(8-6-17)22(27)24-11-14-25-12-3-2-4-13-25/h5-10,15H,2-4,11-14H2,1H3,(H,24,27). The molecule has 1 fully saturated rings. The second-order valence-electron chi connectivity index (χ2n) is 6.98. The molecule has 2 aromatic rings. The molecule has 1 heterocycles. The van der Waals surface area contributed by atoms with E-state index in [2.05, 4.69) is 10.2 Å². The van der Waals surface area contributed by atoms with Crippen molar-refractivity contribution in [1.82, 2.24) is 10.2 Å². The van der Waals surface area contributed by atoms with Gasteiger partial charge in [0.15, 0.2) is 5.78 Å². The number of rotatable bonds is 6. The van der Waals surface area contributed by atoms with Crippen LogP contribution in [0.15, 0.2) is 42.5 Å². The van der Waals surface area contributed by atoms with E-state index in [0.29, 0.717) is 28.8 Å². The Morgan fingerprint density at radius 3 is 2.41 bits per heavy atom. The second-order valence-corrected chi connectivity index (χ2v) is 6.98. The summed E-state index contributed by atoms with van der Waals surface area (Å²) in [4.78, 5) is 26.5. The minimum atomic E-state index is -0.394. The average Bonchev–Trinajstić information content (AvgIpc) is 2.68. The molecule has 2 aromatic carbocycles. The highest BCUT2D eigenvalue weighted by Crippen LogP contribution is 2.25. The number of carbonyl (C=O) groups excluding carboxylic acids is 2. The first-order valence-electron chi connectivity index (χ1n) is 9.46. The SMILES string of the molecule is CC(=O)c1ccc(F)cc1-c1ccc(C(=O)NCCN2CCCCC2)cc1. The molecule has 1 N–H and O–H groups in total. The molecule has 0 aromatic heterocycles. The summed E-state index contributed by atoms with van der Waals surface area (Å²) >= 11 is 0. The van der Waals surface area contributed by atoms with Crippen LogP contribution in [0.4, 0.5) is 4.39 Å². The van der Waals surface area contributed by atoms with Crippen molar-refractivity contribution in [2.24, 2.45) is 0 Å². The Hall–Kier alpha value is -2.53. The Bertz CT molecular complexity index is 812. The molecule has 0 aliphatic carbocycles. The van der Waals surface area contributed by atoms with Gasteiger partial charge in [-0.05, 0) is 74.3 Å². The van der Waals surface area contributed by atoms with Gasteiger partial charge in [0.05, 0.1) is 0 Å². The third kappa shape index (κ3) is 5.01. The molecule has 0 spiro atoms. The molecule has 0 atom stereocenters. The molecule has 1 aliphatic heterocycles. The van der Waals surface area contributed by atoms with Crippen LogP contribution in [0.25, 0.3) is 11.1 Å². The summed E-state index contributed by atoms with van der Waals surface area (Å²) in [5.74, 6) is -0.636. The molecule has 1 saturated heterocycles. The molecule has 27 heavy (non-hydrogen) atoms. The lowest BCUT2D eigenvalue weighted by atomic mass is 9.96. The van der Waals surface area contributed by atoms with Crippen LogP contribution in [0.5, 0.6) is 0 Å². The van der Waals surface area contributed by atoms with Crippen molar-refractivity contribution in [1.29, 1.82) is 0 Å². The Labute approximate surface area is 159 Å². The van der Waals surface area contributed by atoms with Crippen LogP contribution in [0.1, 0.15) is 46.9 Å². The average molecular weight is 368 g/mol. The Balaban J connectivity index is 1.64. The number of nitrogens with zero attached hydrogens (tertiary/aromatic N) is 1. The number of hydrogen-bond acceptors (Lipinski definition) is 3.